The quantitative estimate of drug-likeness (QED) is 0.241. The molecule has 0 fully saturated rings. The van der Waals surface area contributed by atoms with Crippen molar-refractivity contribution in [2.45, 2.75) is 0 Å². The van der Waals surface area contributed by atoms with Gasteiger partial charge in [-0.1, -0.05) is 96.5 Å². The number of benzene rings is 6. The molecule has 0 aliphatic carbocycles. The molecule has 0 atom stereocenters. The number of hydrogen-bond donors (Lipinski definition) is 1. The molecule has 2 heterocycles. The van der Waals surface area contributed by atoms with Crippen LogP contribution in [-0.2, 0) is 0 Å². The molecule has 1 aromatic heterocycles. The fraction of sp³-hybridized carbons (Fsp3) is 0. The highest BCUT2D eigenvalue weighted by Gasteiger charge is 2.21. The largest absolute Gasteiger partial charge is 0.353 e. The van der Waals surface area contributed by atoms with Crippen molar-refractivity contribution in [2.75, 3.05) is 5.32 Å². The van der Waals surface area contributed by atoms with Crippen LogP contribution in [0.3, 0.4) is 0 Å². The summed E-state index contributed by atoms with van der Waals surface area (Å²) in [6.07, 6.45) is 0. The summed E-state index contributed by atoms with van der Waals surface area (Å²) in [6, 6.07) is 47.4. The molecule has 0 unspecified atom stereocenters. The van der Waals surface area contributed by atoms with E-state index in [-0.39, 0.29) is 0 Å². The average molecular weight is 519 g/mol. The Bertz CT molecular complexity index is 2050. The zero-order valence-electron chi connectivity index (χ0n) is 21.0. The number of para-hydroxylation sites is 3. The molecule has 0 spiro atoms. The van der Waals surface area contributed by atoms with Crippen molar-refractivity contribution in [1.29, 1.82) is 0 Å². The maximum absolute atomic E-state index is 6.66. The Morgan fingerprint density at radius 1 is 0.487 bits per heavy atom. The van der Waals surface area contributed by atoms with E-state index in [0.29, 0.717) is 0 Å². The maximum atomic E-state index is 6.66. The second-order valence-corrected chi connectivity index (χ2v) is 10.4. The van der Waals surface area contributed by atoms with Crippen molar-refractivity contribution < 1.29 is 0 Å². The van der Waals surface area contributed by atoms with Crippen LogP contribution in [-0.4, -0.2) is 4.57 Å². The summed E-state index contributed by atoms with van der Waals surface area (Å²) in [5.74, 6) is 0. The van der Waals surface area contributed by atoms with Crippen LogP contribution in [0.2, 0.25) is 5.02 Å². The van der Waals surface area contributed by atoms with Gasteiger partial charge < -0.3 is 9.88 Å². The highest BCUT2D eigenvalue weighted by molar-refractivity contribution is 6.34. The number of nitrogens with zero attached hydrogens (tertiary/aromatic N) is 1. The molecule has 6 aromatic carbocycles. The Balaban J connectivity index is 1.33. The van der Waals surface area contributed by atoms with Crippen molar-refractivity contribution in [2.24, 2.45) is 0 Å². The van der Waals surface area contributed by atoms with Gasteiger partial charge in [-0.15, -0.1) is 0 Å². The molecular weight excluding hydrogens is 496 g/mol. The molecule has 3 heteroatoms. The van der Waals surface area contributed by atoms with Crippen LogP contribution in [0, 0.1) is 0 Å². The predicted molar refractivity (Wildman–Crippen MR) is 165 cm³/mol. The summed E-state index contributed by atoms with van der Waals surface area (Å²) in [5.41, 5.74) is 12.6. The third-order valence-corrected chi connectivity index (χ3v) is 8.14. The Morgan fingerprint density at radius 3 is 2.03 bits per heavy atom. The van der Waals surface area contributed by atoms with Gasteiger partial charge >= 0.3 is 0 Å². The summed E-state index contributed by atoms with van der Waals surface area (Å²) in [6.45, 7) is 0. The second-order valence-electron chi connectivity index (χ2n) is 10.0. The van der Waals surface area contributed by atoms with E-state index in [2.05, 4.69) is 131 Å². The summed E-state index contributed by atoms with van der Waals surface area (Å²) in [4.78, 5) is 0. The summed E-state index contributed by atoms with van der Waals surface area (Å²) >= 11 is 6.66. The van der Waals surface area contributed by atoms with E-state index in [1.807, 2.05) is 12.1 Å². The van der Waals surface area contributed by atoms with Crippen LogP contribution in [0.4, 0.5) is 11.4 Å². The van der Waals surface area contributed by atoms with Gasteiger partial charge in [0.2, 0.25) is 0 Å². The van der Waals surface area contributed by atoms with E-state index < -0.39 is 0 Å². The lowest BCUT2D eigenvalue weighted by molar-refractivity contribution is 1.18. The fourth-order valence-corrected chi connectivity index (χ4v) is 6.25. The van der Waals surface area contributed by atoms with Crippen LogP contribution in [0.15, 0.2) is 133 Å². The first-order valence-corrected chi connectivity index (χ1v) is 13.5. The lowest BCUT2D eigenvalue weighted by Crippen LogP contribution is -1.94. The molecule has 1 aliphatic rings. The van der Waals surface area contributed by atoms with Crippen molar-refractivity contribution >= 4 is 44.8 Å². The minimum Gasteiger partial charge on any atom is -0.353 e. The van der Waals surface area contributed by atoms with Gasteiger partial charge in [0.05, 0.1) is 21.7 Å². The normalized spacial score (nSPS) is 11.9. The predicted octanol–water partition coefficient (Wildman–Crippen LogP) is 10.5. The molecule has 8 rings (SSSR count). The highest BCUT2D eigenvalue weighted by Crippen LogP contribution is 2.47. The molecule has 0 saturated carbocycles. The molecule has 0 saturated heterocycles. The summed E-state index contributed by atoms with van der Waals surface area (Å²) in [7, 11) is 0. The second kappa shape index (κ2) is 8.62. The summed E-state index contributed by atoms with van der Waals surface area (Å²) in [5, 5.41) is 6.86. The zero-order chi connectivity index (χ0) is 25.9. The van der Waals surface area contributed by atoms with Crippen molar-refractivity contribution in [3.63, 3.8) is 0 Å². The first kappa shape index (κ1) is 22.2. The smallest absolute Gasteiger partial charge is 0.0653 e. The van der Waals surface area contributed by atoms with Crippen LogP contribution in [0.1, 0.15) is 0 Å². The van der Waals surface area contributed by atoms with E-state index in [0.717, 1.165) is 22.0 Å². The minimum absolute atomic E-state index is 0.722. The van der Waals surface area contributed by atoms with E-state index in [4.69, 9.17) is 11.6 Å². The number of hydrogen-bond acceptors (Lipinski definition) is 1. The van der Waals surface area contributed by atoms with Gasteiger partial charge in [-0.3, -0.25) is 0 Å². The number of fused-ring (bicyclic) bond motifs is 8. The molecule has 2 nitrogen and oxygen atoms in total. The number of aromatic nitrogens is 1. The molecule has 7 aromatic rings. The minimum atomic E-state index is 0.722. The van der Waals surface area contributed by atoms with Crippen LogP contribution in [0.5, 0.6) is 0 Å². The van der Waals surface area contributed by atoms with E-state index in [1.54, 1.807) is 0 Å². The van der Waals surface area contributed by atoms with Crippen LogP contribution >= 0.6 is 11.6 Å². The molecule has 184 valence electrons. The van der Waals surface area contributed by atoms with Crippen LogP contribution in [0.25, 0.3) is 60.9 Å². The Labute approximate surface area is 231 Å². The number of anilines is 2. The van der Waals surface area contributed by atoms with E-state index >= 15 is 0 Å². The van der Waals surface area contributed by atoms with Crippen molar-refractivity contribution in [1.82, 2.24) is 4.57 Å². The fourth-order valence-electron chi connectivity index (χ4n) is 6.03. The average Bonchev–Trinajstić information content (AvgIpc) is 3.24. The Kier molecular flexibility index (Phi) is 4.91. The van der Waals surface area contributed by atoms with Gasteiger partial charge in [0.1, 0.15) is 0 Å². The number of rotatable bonds is 2. The van der Waals surface area contributed by atoms with Gasteiger partial charge in [-0.25, -0.2) is 0 Å². The third kappa shape index (κ3) is 3.42. The standard InChI is InChI=1S/C36H23ClN2/c37-32-15-8-14-29-26-11-4-5-12-27(26)30-21-23(17-19-33(30)38-36(29)32)24-18-20-35-31(22-24)28-13-6-7-16-34(28)39(35)25-9-2-1-3-10-25/h1-22,38H. The molecule has 39 heavy (non-hydrogen) atoms. The zero-order valence-corrected chi connectivity index (χ0v) is 21.8. The molecule has 0 bridgehead atoms. The summed E-state index contributed by atoms with van der Waals surface area (Å²) < 4.78 is 2.35. The third-order valence-electron chi connectivity index (χ3n) is 7.82. The van der Waals surface area contributed by atoms with Gasteiger partial charge in [0, 0.05) is 33.3 Å². The van der Waals surface area contributed by atoms with Gasteiger partial charge in [-0.2, -0.15) is 0 Å². The molecule has 1 aliphatic heterocycles. The first-order chi connectivity index (χ1) is 19.3. The number of nitrogens with one attached hydrogen (secondary N) is 1. The molecule has 0 radical (unpaired) electrons. The Morgan fingerprint density at radius 2 is 1.15 bits per heavy atom. The van der Waals surface area contributed by atoms with Crippen molar-refractivity contribution in [3.8, 4) is 39.1 Å². The van der Waals surface area contributed by atoms with Gasteiger partial charge in [-0.05, 0) is 70.8 Å². The van der Waals surface area contributed by atoms with Gasteiger partial charge in [0.25, 0.3) is 0 Å². The highest BCUT2D eigenvalue weighted by atomic mass is 35.5. The maximum Gasteiger partial charge on any atom is 0.0653 e. The van der Waals surface area contributed by atoms with Crippen molar-refractivity contribution in [3.05, 3.63) is 138 Å². The Hall–Kier alpha value is -4.79. The monoisotopic (exact) mass is 518 g/mol. The first-order valence-electron chi connectivity index (χ1n) is 13.1. The molecule has 1 N–H and O–H groups in total. The lowest BCUT2D eigenvalue weighted by atomic mass is 9.92. The lowest BCUT2D eigenvalue weighted by Gasteiger charge is -2.13. The topological polar surface area (TPSA) is 17.0 Å². The van der Waals surface area contributed by atoms with E-state index in [1.165, 1.54) is 55.3 Å². The SMILES string of the molecule is Clc1cccc2c1Nc1ccc(-c3ccc4c(c3)c3ccccc3n4-c3ccccc3)cc1-c1ccccc1-2. The number of halogens is 1. The van der Waals surface area contributed by atoms with Crippen LogP contribution < -0.4 is 5.32 Å². The molecular formula is C36H23ClN2. The van der Waals surface area contributed by atoms with E-state index in [9.17, 15) is 0 Å². The van der Waals surface area contributed by atoms with Gasteiger partial charge in [0.15, 0.2) is 0 Å². The molecule has 0 amide bonds.